The van der Waals surface area contributed by atoms with Crippen molar-refractivity contribution < 1.29 is 28.8 Å². The Hall–Kier alpha value is -1.43. The molecule has 2 rings (SSSR count). The van der Waals surface area contributed by atoms with Crippen molar-refractivity contribution in [3.63, 3.8) is 0 Å². The Bertz CT molecular complexity index is 533. The zero-order chi connectivity index (χ0) is 12.8. The fourth-order valence-electron chi connectivity index (χ4n) is 1.86. The number of hydrogen-bond acceptors (Lipinski definition) is 2. The average Bonchev–Trinajstić information content (AvgIpc) is 2.38. The lowest BCUT2D eigenvalue weighted by atomic mass is 10.1. The van der Waals surface area contributed by atoms with Crippen LogP contribution in [0.2, 0.25) is 0 Å². The van der Waals surface area contributed by atoms with Crippen LogP contribution in [0.1, 0.15) is 18.9 Å². The first-order valence-corrected chi connectivity index (χ1v) is 6.01. The minimum Gasteiger partial charge on any atom is -1.00 e. The number of rotatable bonds is 4. The van der Waals surface area contributed by atoms with Crippen LogP contribution in [0.3, 0.4) is 0 Å². The number of aliphatic imine (C=N–C) groups is 1. The summed E-state index contributed by atoms with van der Waals surface area (Å²) in [5.74, 6) is -0.0414. The van der Waals surface area contributed by atoms with E-state index in [2.05, 4.69) is 10.3 Å². The van der Waals surface area contributed by atoms with E-state index in [-0.39, 0.29) is 29.9 Å². The van der Waals surface area contributed by atoms with Crippen molar-refractivity contribution in [1.82, 2.24) is 4.99 Å². The van der Waals surface area contributed by atoms with Crippen LogP contribution < -0.4 is 34.3 Å². The van der Waals surface area contributed by atoms with Crippen LogP contribution in [0, 0.1) is 0 Å². The molecule has 0 atom stereocenters. The van der Waals surface area contributed by atoms with Gasteiger partial charge in [-0.25, -0.2) is 0 Å². The highest BCUT2D eigenvalue weighted by Crippen LogP contribution is 2.18. The van der Waals surface area contributed by atoms with Gasteiger partial charge in [-0.15, -0.1) is 0 Å². The number of carbonyl (C=O) groups is 1. The smallest absolute Gasteiger partial charge is 0.254 e. The second-order valence-corrected chi connectivity index (χ2v) is 4.16. The summed E-state index contributed by atoms with van der Waals surface area (Å²) in [6.45, 7) is 1.52. The molecule has 3 nitrogen and oxygen atoms in total. The molecule has 0 fully saturated rings. The third kappa shape index (κ3) is 4.98. The molecule has 1 heterocycles. The number of aryl methyl sites for hydroxylation is 1. The Balaban J connectivity index is 0.00000180. The lowest BCUT2D eigenvalue weighted by Crippen LogP contribution is -3.00. The number of hydrogen-bond donors (Lipinski definition) is 1. The molecule has 1 radical (unpaired) electrons. The van der Waals surface area contributed by atoms with Crippen molar-refractivity contribution in [2.75, 3.05) is 5.32 Å². The molecule has 0 saturated heterocycles. The molecule has 1 aliphatic heterocycles. The lowest BCUT2D eigenvalue weighted by Gasteiger charge is -2.08. The molecule has 4 heteroatoms. The van der Waals surface area contributed by atoms with Gasteiger partial charge >= 0.3 is 0 Å². The van der Waals surface area contributed by atoms with Crippen LogP contribution in [0.5, 0.6) is 0 Å². The van der Waals surface area contributed by atoms with Crippen LogP contribution >= 0.6 is 0 Å². The Morgan fingerprint density at radius 3 is 2.68 bits per heavy atom. The number of carbonyl (C=O) groups excluding carboxylic acids is 1. The van der Waals surface area contributed by atoms with E-state index in [0.717, 1.165) is 29.8 Å². The van der Waals surface area contributed by atoms with Gasteiger partial charge in [0, 0.05) is 31.2 Å². The third-order valence-electron chi connectivity index (χ3n) is 2.70. The number of para-hydroxylation sites is 1. The van der Waals surface area contributed by atoms with E-state index < -0.39 is 0 Å². The van der Waals surface area contributed by atoms with Gasteiger partial charge in [0.1, 0.15) is 0 Å². The Labute approximate surface area is 130 Å². The van der Waals surface area contributed by atoms with Gasteiger partial charge < -0.3 is 29.3 Å². The van der Waals surface area contributed by atoms with Crippen molar-refractivity contribution in [3.05, 3.63) is 53.8 Å². The van der Waals surface area contributed by atoms with E-state index >= 15 is 0 Å². The topological polar surface area (TPSA) is 43.2 Å². The molecule has 0 bridgehead atoms. The summed E-state index contributed by atoms with van der Waals surface area (Å²) in [4.78, 5) is 15.4. The van der Waals surface area contributed by atoms with Gasteiger partial charge in [-0.2, -0.15) is 0 Å². The largest absolute Gasteiger partial charge is 1.00 e. The first-order valence-electron chi connectivity index (χ1n) is 6.01. The fraction of sp³-hybridized carbons (Fsp3) is 0.200. The van der Waals surface area contributed by atoms with Crippen LogP contribution in [-0.4, -0.2) is 12.1 Å². The molecule has 99 valence electrons. The molecular formula is C15H16IN2O. The normalized spacial score (nSPS) is 12.6. The molecule has 1 aromatic carbocycles. The van der Waals surface area contributed by atoms with Crippen LogP contribution in [0.4, 0.5) is 5.69 Å². The van der Waals surface area contributed by atoms with Gasteiger partial charge in [-0.05, 0) is 24.1 Å². The molecule has 0 saturated carbocycles. The summed E-state index contributed by atoms with van der Waals surface area (Å²) >= 11 is 0. The maximum atomic E-state index is 11.1. The second-order valence-electron chi connectivity index (χ2n) is 4.16. The fourth-order valence-corrected chi connectivity index (χ4v) is 1.86. The summed E-state index contributed by atoms with van der Waals surface area (Å²) in [6, 6.07) is 7.87. The predicted octanol–water partition coefficient (Wildman–Crippen LogP) is -0.558. The summed E-state index contributed by atoms with van der Waals surface area (Å²) in [6.07, 6.45) is 9.46. The molecular weight excluding hydrogens is 351 g/mol. The highest BCUT2D eigenvalue weighted by Gasteiger charge is 2.10. The van der Waals surface area contributed by atoms with Gasteiger partial charge in [-0.1, -0.05) is 18.2 Å². The molecule has 1 amide bonds. The van der Waals surface area contributed by atoms with Crippen LogP contribution in [0.25, 0.3) is 0 Å². The number of halogens is 1. The van der Waals surface area contributed by atoms with Crippen molar-refractivity contribution in [2.24, 2.45) is 0 Å². The van der Waals surface area contributed by atoms with Gasteiger partial charge in [0.2, 0.25) is 12.1 Å². The minimum atomic E-state index is -0.0414. The number of anilines is 1. The first-order chi connectivity index (χ1) is 8.75. The maximum absolute atomic E-state index is 11.1. The van der Waals surface area contributed by atoms with E-state index in [1.165, 1.54) is 6.92 Å². The first kappa shape index (κ1) is 15.6. The predicted molar refractivity (Wildman–Crippen MR) is 74.5 cm³/mol. The van der Waals surface area contributed by atoms with Gasteiger partial charge in [-0.3, -0.25) is 4.79 Å². The molecule has 0 aliphatic carbocycles. The summed E-state index contributed by atoms with van der Waals surface area (Å²) in [5, 5.41) is 2.85. The molecule has 1 aromatic rings. The number of allylic oxidation sites excluding steroid dienone is 4. The number of benzene rings is 1. The van der Waals surface area contributed by atoms with Gasteiger partial charge in [0.25, 0.3) is 5.70 Å². The van der Waals surface area contributed by atoms with Crippen LogP contribution in [-0.2, 0) is 11.2 Å². The van der Waals surface area contributed by atoms with Gasteiger partial charge in [0.15, 0.2) is 0 Å². The number of nitrogens with zero attached hydrogens (tertiary/aromatic N) is 1. The second kappa shape index (κ2) is 7.89. The SMILES string of the molecule is CC(=O)Nc1ccccc1CCC1=CC=CC=[N+]1.[I-]. The molecule has 0 unspecified atom stereocenters. The Kier molecular flexibility index (Phi) is 6.49. The number of amides is 1. The maximum Gasteiger partial charge on any atom is 0.254 e. The molecule has 0 aromatic heterocycles. The van der Waals surface area contributed by atoms with E-state index in [1.54, 1.807) is 6.21 Å². The Morgan fingerprint density at radius 2 is 2.00 bits per heavy atom. The summed E-state index contributed by atoms with van der Waals surface area (Å²) in [7, 11) is 0. The van der Waals surface area contributed by atoms with E-state index in [1.807, 2.05) is 42.5 Å². The highest BCUT2D eigenvalue weighted by atomic mass is 127. The van der Waals surface area contributed by atoms with E-state index in [0.29, 0.717) is 0 Å². The summed E-state index contributed by atoms with van der Waals surface area (Å²) < 4.78 is 0. The monoisotopic (exact) mass is 367 g/mol. The molecule has 1 N–H and O–H groups in total. The molecule has 19 heavy (non-hydrogen) atoms. The minimum absolute atomic E-state index is 0. The van der Waals surface area contributed by atoms with Crippen molar-refractivity contribution >= 4 is 17.8 Å². The standard InChI is InChI=1S/C15H16N2O.HI/c1-12(18)17-15-8-3-2-6-13(15)9-10-14-7-4-5-11-16-14;/h2-8,11H,9-10H2,1H3,(H,17,18);1H/q+1;/p-1. The number of nitrogens with one attached hydrogen (secondary N) is 1. The molecule has 1 aliphatic rings. The Morgan fingerprint density at radius 1 is 1.21 bits per heavy atom. The van der Waals surface area contributed by atoms with Gasteiger partial charge in [0.05, 0.1) is 4.99 Å². The van der Waals surface area contributed by atoms with E-state index in [4.69, 9.17) is 0 Å². The van der Waals surface area contributed by atoms with Crippen LogP contribution in [0.15, 0.2) is 48.2 Å². The van der Waals surface area contributed by atoms with Crippen molar-refractivity contribution in [1.29, 1.82) is 0 Å². The third-order valence-corrected chi connectivity index (χ3v) is 2.70. The molecule has 0 spiro atoms. The summed E-state index contributed by atoms with van der Waals surface area (Å²) in [5.41, 5.74) is 3.09. The van der Waals surface area contributed by atoms with Crippen molar-refractivity contribution in [3.8, 4) is 0 Å². The lowest BCUT2D eigenvalue weighted by molar-refractivity contribution is -0.114. The average molecular weight is 367 g/mol. The van der Waals surface area contributed by atoms with E-state index in [9.17, 15) is 4.79 Å². The highest BCUT2D eigenvalue weighted by molar-refractivity contribution is 5.89. The zero-order valence-electron chi connectivity index (χ0n) is 10.8. The zero-order valence-corrected chi connectivity index (χ0v) is 12.9. The quantitative estimate of drug-likeness (QED) is 0.713. The van der Waals surface area contributed by atoms with Crippen molar-refractivity contribution in [2.45, 2.75) is 19.8 Å².